The molecule has 1 aliphatic heterocycles. The van der Waals surface area contributed by atoms with Gasteiger partial charge in [0.1, 0.15) is 5.71 Å². The van der Waals surface area contributed by atoms with Gasteiger partial charge in [-0.2, -0.15) is 5.10 Å². The average Bonchev–Trinajstić information content (AvgIpc) is 2.73. The van der Waals surface area contributed by atoms with Crippen LogP contribution in [-0.4, -0.2) is 36.1 Å². The number of hydrazone groups is 1. The van der Waals surface area contributed by atoms with E-state index < -0.39 is 12.1 Å². The van der Waals surface area contributed by atoms with Crippen LogP contribution in [-0.2, 0) is 19.1 Å². The smallest absolute Gasteiger partial charge is 0.355 e. The quantitative estimate of drug-likeness (QED) is 0.763. The highest BCUT2D eigenvalue weighted by molar-refractivity contribution is 6.38. The van der Waals surface area contributed by atoms with Gasteiger partial charge in [-0.15, -0.1) is 0 Å². The molecule has 0 bridgehead atoms. The van der Waals surface area contributed by atoms with Gasteiger partial charge in [-0.25, -0.2) is 9.80 Å². The van der Waals surface area contributed by atoms with Crippen LogP contribution < -0.4 is 10.3 Å². The van der Waals surface area contributed by atoms with E-state index in [0.29, 0.717) is 18.2 Å². The summed E-state index contributed by atoms with van der Waals surface area (Å²) in [5.41, 5.74) is 0.742. The summed E-state index contributed by atoms with van der Waals surface area (Å²) in [6.45, 7) is 2.18. The summed E-state index contributed by atoms with van der Waals surface area (Å²) in [5, 5.41) is 8.26. The fourth-order valence-corrected chi connectivity index (χ4v) is 3.53. The number of esters is 1. The minimum Gasteiger partial charge on any atom is -0.448 e. The zero-order valence-corrected chi connectivity index (χ0v) is 16.2. The second-order valence-electron chi connectivity index (χ2n) is 7.38. The van der Waals surface area contributed by atoms with Crippen molar-refractivity contribution >= 4 is 29.2 Å². The minimum absolute atomic E-state index is 0.149. The van der Waals surface area contributed by atoms with E-state index in [2.05, 4.69) is 10.4 Å². The van der Waals surface area contributed by atoms with Crippen molar-refractivity contribution in [3.63, 3.8) is 0 Å². The first-order valence-electron chi connectivity index (χ1n) is 9.99. The summed E-state index contributed by atoms with van der Waals surface area (Å²) < 4.78 is 5.29. The van der Waals surface area contributed by atoms with E-state index in [4.69, 9.17) is 4.74 Å². The molecule has 2 aliphatic rings. The lowest BCUT2D eigenvalue weighted by Gasteiger charge is -2.24. The molecule has 1 aromatic carbocycles. The average molecular weight is 385 g/mol. The summed E-state index contributed by atoms with van der Waals surface area (Å²) in [5.74, 6) is -0.630. The highest BCUT2D eigenvalue weighted by Crippen LogP contribution is 2.23. The van der Waals surface area contributed by atoms with Crippen molar-refractivity contribution in [2.75, 3.05) is 11.6 Å². The van der Waals surface area contributed by atoms with Crippen molar-refractivity contribution in [2.45, 2.75) is 58.0 Å². The van der Waals surface area contributed by atoms with Crippen molar-refractivity contribution in [3.05, 3.63) is 30.3 Å². The Labute approximate surface area is 165 Å². The second kappa shape index (κ2) is 9.48. The number of rotatable bonds is 6. The fourth-order valence-electron chi connectivity index (χ4n) is 3.53. The lowest BCUT2D eigenvalue weighted by atomic mass is 9.89. The Hall–Kier alpha value is -2.70. The zero-order chi connectivity index (χ0) is 19.9. The molecule has 2 amide bonds. The van der Waals surface area contributed by atoms with Gasteiger partial charge in [0.2, 0.25) is 5.91 Å². The number of hydrogen-bond donors (Lipinski definition) is 1. The summed E-state index contributed by atoms with van der Waals surface area (Å²) in [7, 11) is 0. The Bertz CT molecular complexity index is 741. The molecule has 7 heteroatoms. The fraction of sp³-hybridized carbons (Fsp3) is 0.524. The molecule has 0 radical (unpaired) electrons. The van der Waals surface area contributed by atoms with Crippen molar-refractivity contribution < 1.29 is 19.1 Å². The van der Waals surface area contributed by atoms with Crippen LogP contribution in [0.25, 0.3) is 0 Å². The molecular weight excluding hydrogens is 358 g/mol. The van der Waals surface area contributed by atoms with Crippen LogP contribution >= 0.6 is 0 Å². The maximum Gasteiger partial charge on any atom is 0.355 e. The molecule has 1 fully saturated rings. The van der Waals surface area contributed by atoms with Gasteiger partial charge >= 0.3 is 5.97 Å². The van der Waals surface area contributed by atoms with Crippen LogP contribution in [0, 0.1) is 5.92 Å². The van der Waals surface area contributed by atoms with Gasteiger partial charge in [0.05, 0.1) is 5.69 Å². The summed E-state index contributed by atoms with van der Waals surface area (Å²) in [4.78, 5) is 36.8. The summed E-state index contributed by atoms with van der Waals surface area (Å²) in [6.07, 6.45) is 5.43. The first-order valence-corrected chi connectivity index (χ1v) is 9.99. The largest absolute Gasteiger partial charge is 0.448 e. The number of para-hydroxylation sites is 1. The predicted molar refractivity (Wildman–Crippen MR) is 106 cm³/mol. The van der Waals surface area contributed by atoms with E-state index in [-0.39, 0.29) is 30.4 Å². The molecule has 0 saturated heterocycles. The van der Waals surface area contributed by atoms with Crippen LogP contribution in [0.4, 0.5) is 5.69 Å². The number of nitrogens with zero attached hydrogens (tertiary/aromatic N) is 2. The standard InChI is InChI=1S/C21H27N3O4/c1-15(20(26)22-14-16-8-4-2-5-9-16)28-21(27)18-12-13-19(25)24(23-18)17-10-6-3-7-11-17/h3,6-7,10-11,15-16H,2,4-5,8-9,12-14H2,1H3,(H,22,26). The number of amides is 2. The van der Waals surface area contributed by atoms with E-state index in [1.807, 2.05) is 6.07 Å². The van der Waals surface area contributed by atoms with E-state index in [1.165, 1.54) is 24.3 Å². The number of ether oxygens (including phenoxy) is 1. The predicted octanol–water partition coefficient (Wildman–Crippen LogP) is 2.80. The van der Waals surface area contributed by atoms with Crippen LogP contribution in [0.5, 0.6) is 0 Å². The molecule has 1 saturated carbocycles. The Balaban J connectivity index is 1.55. The van der Waals surface area contributed by atoms with Gasteiger partial charge in [-0.05, 0) is 37.8 Å². The highest BCUT2D eigenvalue weighted by atomic mass is 16.5. The molecule has 150 valence electrons. The maximum absolute atomic E-state index is 12.4. The third kappa shape index (κ3) is 5.18. The van der Waals surface area contributed by atoms with Gasteiger partial charge in [-0.1, -0.05) is 37.5 Å². The topological polar surface area (TPSA) is 88.1 Å². The van der Waals surface area contributed by atoms with Crippen LogP contribution in [0.3, 0.4) is 0 Å². The summed E-state index contributed by atoms with van der Waals surface area (Å²) >= 11 is 0. The molecule has 0 spiro atoms. The molecule has 1 atom stereocenters. The van der Waals surface area contributed by atoms with Gasteiger partial charge in [0, 0.05) is 19.4 Å². The van der Waals surface area contributed by atoms with E-state index in [0.717, 1.165) is 12.8 Å². The van der Waals surface area contributed by atoms with E-state index in [9.17, 15) is 14.4 Å². The maximum atomic E-state index is 12.4. The van der Waals surface area contributed by atoms with Crippen LogP contribution in [0.15, 0.2) is 35.4 Å². The van der Waals surface area contributed by atoms with Crippen LogP contribution in [0.1, 0.15) is 51.9 Å². The molecule has 0 aromatic heterocycles. The highest BCUT2D eigenvalue weighted by Gasteiger charge is 2.28. The molecular formula is C21H27N3O4. The Kier molecular flexibility index (Phi) is 6.79. The van der Waals surface area contributed by atoms with Crippen molar-refractivity contribution in [3.8, 4) is 0 Å². The molecule has 1 N–H and O–H groups in total. The number of hydrogen-bond acceptors (Lipinski definition) is 5. The first-order chi connectivity index (χ1) is 13.5. The van der Waals surface area contributed by atoms with Gasteiger partial charge < -0.3 is 10.1 Å². The van der Waals surface area contributed by atoms with Crippen molar-refractivity contribution in [1.82, 2.24) is 5.32 Å². The Morgan fingerprint density at radius 3 is 2.61 bits per heavy atom. The van der Waals surface area contributed by atoms with E-state index >= 15 is 0 Å². The Morgan fingerprint density at radius 2 is 1.89 bits per heavy atom. The van der Waals surface area contributed by atoms with Crippen molar-refractivity contribution in [1.29, 1.82) is 0 Å². The van der Waals surface area contributed by atoms with Crippen LogP contribution in [0.2, 0.25) is 0 Å². The first kappa shape index (κ1) is 20.0. The third-order valence-electron chi connectivity index (χ3n) is 5.21. The molecule has 1 aromatic rings. The van der Waals surface area contributed by atoms with Crippen molar-refractivity contribution in [2.24, 2.45) is 11.0 Å². The number of nitrogens with one attached hydrogen (secondary N) is 1. The molecule has 1 unspecified atom stereocenters. The minimum atomic E-state index is -0.901. The number of benzene rings is 1. The molecule has 1 aliphatic carbocycles. The molecule has 7 nitrogen and oxygen atoms in total. The molecule has 28 heavy (non-hydrogen) atoms. The SMILES string of the molecule is CC(OC(=O)C1=NN(c2ccccc2)C(=O)CC1)C(=O)NCC1CCCCC1. The number of anilines is 1. The second-order valence-corrected chi connectivity index (χ2v) is 7.38. The lowest BCUT2D eigenvalue weighted by molar-refractivity contribution is -0.148. The number of carbonyl (C=O) groups excluding carboxylic acids is 3. The summed E-state index contributed by atoms with van der Waals surface area (Å²) in [6, 6.07) is 8.92. The third-order valence-corrected chi connectivity index (χ3v) is 5.21. The normalized spacial score (nSPS) is 19.0. The van der Waals surface area contributed by atoms with Gasteiger partial charge in [0.25, 0.3) is 5.91 Å². The lowest BCUT2D eigenvalue weighted by Crippen LogP contribution is -2.41. The van der Waals surface area contributed by atoms with Gasteiger partial charge in [-0.3, -0.25) is 9.59 Å². The van der Waals surface area contributed by atoms with Gasteiger partial charge in [0.15, 0.2) is 6.10 Å². The Morgan fingerprint density at radius 1 is 1.18 bits per heavy atom. The molecule has 1 heterocycles. The number of carbonyl (C=O) groups is 3. The zero-order valence-electron chi connectivity index (χ0n) is 16.2. The monoisotopic (exact) mass is 385 g/mol. The van der Waals surface area contributed by atoms with E-state index in [1.54, 1.807) is 31.2 Å². The molecule has 3 rings (SSSR count).